The number of pyridine rings is 1. The molecule has 0 radical (unpaired) electrons. The van der Waals surface area contributed by atoms with E-state index >= 15 is 0 Å². The first-order chi connectivity index (χ1) is 15.7. The Morgan fingerprint density at radius 3 is 2.18 bits per heavy atom. The molecule has 5 N–H and O–H groups in total. The van der Waals surface area contributed by atoms with Crippen molar-refractivity contribution in [3.05, 3.63) is 23.3 Å². The van der Waals surface area contributed by atoms with Crippen molar-refractivity contribution in [3.63, 3.8) is 0 Å². The summed E-state index contributed by atoms with van der Waals surface area (Å²) in [6.07, 6.45) is 4.35. The highest BCUT2D eigenvalue weighted by atomic mass is 32.2. The lowest BCUT2D eigenvalue weighted by atomic mass is 9.95. The fraction of sp³-hybridized carbons (Fsp3) is 0.381. The number of primary sulfonamides is 1. The number of nitrogen functional groups attached to an aromatic ring is 1. The van der Waals surface area contributed by atoms with Crippen LogP contribution in [0.3, 0.4) is 0 Å². The Hall–Kier alpha value is -2.83. The molecule has 0 aliphatic rings. The van der Waals surface area contributed by atoms with Gasteiger partial charge in [-0.15, -0.1) is 11.8 Å². The molecule has 0 spiro atoms. The largest absolute Gasteiger partial charge is 0.502 e. The zero-order valence-corrected chi connectivity index (χ0v) is 20.7. The van der Waals surface area contributed by atoms with Crippen LogP contribution in [0.25, 0.3) is 11.1 Å². The van der Waals surface area contributed by atoms with E-state index in [1.54, 1.807) is 38.7 Å². The standard InChI is InChI=1S/C21H29N5O5S2/c1-24-11-14-18(13-9-16(30-3)19(27)17(10-13)31-4)15(12-25-2)21(26-20(14)22)32-7-5-6-8-33(23,28)29/h9-12,27H,5-8H2,1-4H3,(H2,22,26)(H2,23,28,29). The molecular weight excluding hydrogens is 466 g/mol. The molecule has 0 atom stereocenters. The van der Waals surface area contributed by atoms with E-state index in [0.717, 1.165) is 0 Å². The first kappa shape index (κ1) is 26.4. The van der Waals surface area contributed by atoms with Crippen LogP contribution >= 0.6 is 11.8 Å². The number of hydrogen-bond acceptors (Lipinski definition) is 10. The molecule has 2 rings (SSSR count). The van der Waals surface area contributed by atoms with Crippen LogP contribution in [0.5, 0.6) is 17.2 Å². The van der Waals surface area contributed by atoms with Crippen LogP contribution in [0.4, 0.5) is 5.82 Å². The highest BCUT2D eigenvalue weighted by Gasteiger charge is 2.21. The second-order valence-electron chi connectivity index (χ2n) is 6.93. The van der Waals surface area contributed by atoms with E-state index in [2.05, 4.69) is 15.0 Å². The second-order valence-corrected chi connectivity index (χ2v) is 9.75. The van der Waals surface area contributed by atoms with E-state index in [0.29, 0.717) is 45.9 Å². The molecule has 1 aromatic carbocycles. The van der Waals surface area contributed by atoms with Gasteiger partial charge in [-0.25, -0.2) is 18.5 Å². The normalized spacial score (nSPS) is 12.0. The Bertz CT molecular complexity index is 1130. The fourth-order valence-electron chi connectivity index (χ4n) is 3.15. The SMILES string of the molecule is CN=Cc1c(N)nc(SCCCCS(N)(=O)=O)c(C=NC)c1-c1cc(OC)c(O)c(OC)c1. The third-order valence-corrected chi connectivity index (χ3v) is 6.55. The molecule has 0 saturated heterocycles. The molecule has 0 aliphatic heterocycles. The summed E-state index contributed by atoms with van der Waals surface area (Å²) in [6.45, 7) is 0. The van der Waals surface area contributed by atoms with E-state index < -0.39 is 10.0 Å². The van der Waals surface area contributed by atoms with Crippen LogP contribution in [0, 0.1) is 0 Å². The average Bonchev–Trinajstić information content (AvgIpc) is 2.76. The molecule has 1 heterocycles. The van der Waals surface area contributed by atoms with E-state index in [1.807, 2.05) is 0 Å². The zero-order valence-electron chi connectivity index (χ0n) is 19.0. The number of aromatic nitrogens is 1. The molecule has 0 aliphatic carbocycles. The van der Waals surface area contributed by atoms with E-state index in [-0.39, 0.29) is 28.8 Å². The number of nitrogens with two attached hydrogens (primary N) is 2. The predicted octanol–water partition coefficient (Wildman–Crippen LogP) is 2.31. The highest BCUT2D eigenvalue weighted by Crippen LogP contribution is 2.43. The summed E-state index contributed by atoms with van der Waals surface area (Å²) < 4.78 is 32.9. The summed E-state index contributed by atoms with van der Waals surface area (Å²) in [6, 6.07) is 3.35. The number of phenols is 1. The van der Waals surface area contributed by atoms with Crippen LogP contribution in [0.1, 0.15) is 24.0 Å². The topological polar surface area (TPSA) is 162 Å². The zero-order chi connectivity index (χ0) is 24.6. The fourth-order valence-corrected chi connectivity index (χ4v) is 4.77. The molecule has 12 heteroatoms. The number of nitrogens with zero attached hydrogens (tertiary/aromatic N) is 3. The number of benzene rings is 1. The number of unbranched alkanes of at least 4 members (excludes halogenated alkanes) is 1. The van der Waals surface area contributed by atoms with Crippen molar-refractivity contribution in [2.45, 2.75) is 17.9 Å². The monoisotopic (exact) mass is 495 g/mol. The smallest absolute Gasteiger partial charge is 0.209 e. The van der Waals surface area contributed by atoms with Crippen molar-refractivity contribution in [1.29, 1.82) is 0 Å². The summed E-state index contributed by atoms with van der Waals surface area (Å²) >= 11 is 1.44. The molecule has 0 bridgehead atoms. The minimum Gasteiger partial charge on any atom is -0.502 e. The van der Waals surface area contributed by atoms with Crippen molar-refractivity contribution in [2.24, 2.45) is 15.1 Å². The van der Waals surface area contributed by atoms with Crippen LogP contribution < -0.4 is 20.3 Å². The van der Waals surface area contributed by atoms with Crippen LogP contribution in [0.15, 0.2) is 27.1 Å². The molecule has 2 aromatic rings. The Labute approximate surface area is 198 Å². The Morgan fingerprint density at radius 1 is 1.09 bits per heavy atom. The second kappa shape index (κ2) is 11.9. The van der Waals surface area contributed by atoms with E-state index in [4.69, 9.17) is 20.3 Å². The number of ether oxygens (including phenoxy) is 2. The minimum atomic E-state index is -3.49. The minimum absolute atomic E-state index is 0.0728. The number of sulfonamides is 1. The lowest BCUT2D eigenvalue weighted by Crippen LogP contribution is -2.16. The van der Waals surface area contributed by atoms with Crippen molar-refractivity contribution in [3.8, 4) is 28.4 Å². The van der Waals surface area contributed by atoms with E-state index in [9.17, 15) is 13.5 Å². The van der Waals surface area contributed by atoms with Gasteiger partial charge in [-0.1, -0.05) is 0 Å². The predicted molar refractivity (Wildman–Crippen MR) is 134 cm³/mol. The molecule has 0 fully saturated rings. The number of phenolic OH excluding ortho intramolecular Hbond substituents is 1. The molecule has 180 valence electrons. The summed E-state index contributed by atoms with van der Waals surface area (Å²) in [5.74, 6) is 1.14. The van der Waals surface area contributed by atoms with Gasteiger partial charge in [0, 0.05) is 43.2 Å². The number of aliphatic imine (C=N–C) groups is 2. The molecule has 1 aromatic heterocycles. The maximum absolute atomic E-state index is 11.2. The van der Waals surface area contributed by atoms with Crippen molar-refractivity contribution in [2.75, 3.05) is 45.6 Å². The van der Waals surface area contributed by atoms with Gasteiger partial charge in [-0.05, 0) is 36.3 Å². The van der Waals surface area contributed by atoms with Crippen LogP contribution in [-0.4, -0.2) is 70.8 Å². The number of methoxy groups -OCH3 is 2. The van der Waals surface area contributed by atoms with Crippen LogP contribution in [-0.2, 0) is 10.0 Å². The van der Waals surface area contributed by atoms with Gasteiger partial charge in [0.15, 0.2) is 11.5 Å². The highest BCUT2D eigenvalue weighted by molar-refractivity contribution is 7.99. The lowest BCUT2D eigenvalue weighted by molar-refractivity contribution is 0.340. The lowest BCUT2D eigenvalue weighted by Gasteiger charge is -2.18. The maximum Gasteiger partial charge on any atom is 0.209 e. The Balaban J connectivity index is 2.63. The quantitative estimate of drug-likeness (QED) is 0.243. The van der Waals surface area contributed by atoms with E-state index in [1.165, 1.54) is 26.0 Å². The summed E-state index contributed by atoms with van der Waals surface area (Å²) in [5.41, 5.74) is 8.95. The first-order valence-electron chi connectivity index (χ1n) is 9.93. The molecule has 0 amide bonds. The molecule has 0 saturated carbocycles. The number of hydrogen-bond donors (Lipinski definition) is 3. The van der Waals surface area contributed by atoms with Gasteiger partial charge in [-0.2, -0.15) is 0 Å². The third-order valence-electron chi connectivity index (χ3n) is 4.61. The summed E-state index contributed by atoms with van der Waals surface area (Å²) in [4.78, 5) is 12.9. The number of anilines is 1. The number of rotatable bonds is 11. The number of aromatic hydroxyl groups is 1. The third kappa shape index (κ3) is 6.83. The van der Waals surface area contributed by atoms with Gasteiger partial charge in [0.25, 0.3) is 0 Å². The summed E-state index contributed by atoms with van der Waals surface area (Å²) in [5, 5.41) is 16.0. The van der Waals surface area contributed by atoms with Gasteiger partial charge < -0.3 is 20.3 Å². The van der Waals surface area contributed by atoms with Crippen molar-refractivity contribution < 1.29 is 23.0 Å². The molecule has 33 heavy (non-hydrogen) atoms. The molecule has 0 unspecified atom stereocenters. The van der Waals surface area contributed by atoms with Gasteiger partial charge in [0.05, 0.1) is 20.0 Å². The Morgan fingerprint density at radius 2 is 1.67 bits per heavy atom. The van der Waals surface area contributed by atoms with Crippen LogP contribution in [0.2, 0.25) is 0 Å². The summed E-state index contributed by atoms with van der Waals surface area (Å²) in [7, 11) is 2.68. The molecular formula is C21H29N5O5S2. The maximum atomic E-state index is 11.2. The van der Waals surface area contributed by atoms with Gasteiger partial charge >= 0.3 is 0 Å². The van der Waals surface area contributed by atoms with Gasteiger partial charge in [0.1, 0.15) is 10.8 Å². The number of thioether (sulfide) groups is 1. The van der Waals surface area contributed by atoms with Gasteiger partial charge in [0.2, 0.25) is 15.8 Å². The molecule has 10 nitrogen and oxygen atoms in total. The average molecular weight is 496 g/mol. The van der Waals surface area contributed by atoms with Crippen molar-refractivity contribution >= 4 is 40.0 Å². The Kier molecular flexibility index (Phi) is 9.50. The first-order valence-corrected chi connectivity index (χ1v) is 12.6. The van der Waals surface area contributed by atoms with Crippen molar-refractivity contribution in [1.82, 2.24) is 4.98 Å². The van der Waals surface area contributed by atoms with Gasteiger partial charge in [-0.3, -0.25) is 9.98 Å².